The lowest BCUT2D eigenvalue weighted by Crippen LogP contribution is -2.40. The number of piperidine rings is 2. The van der Waals surface area contributed by atoms with E-state index in [1.54, 1.807) is 6.33 Å². The Balaban J connectivity index is 1.28. The van der Waals surface area contributed by atoms with Crippen molar-refractivity contribution in [2.45, 2.75) is 45.6 Å². The Kier molecular flexibility index (Phi) is 6.27. The first-order chi connectivity index (χ1) is 14.2. The van der Waals surface area contributed by atoms with Crippen molar-refractivity contribution in [2.24, 2.45) is 5.92 Å². The molecule has 2 aliphatic rings. The summed E-state index contributed by atoms with van der Waals surface area (Å²) in [6.07, 6.45) is 7.20. The summed E-state index contributed by atoms with van der Waals surface area (Å²) >= 11 is 0. The van der Waals surface area contributed by atoms with Gasteiger partial charge in [0.25, 0.3) is 0 Å². The van der Waals surface area contributed by atoms with Gasteiger partial charge in [0, 0.05) is 44.7 Å². The Bertz CT molecular complexity index is 808. The fraction of sp³-hybridized carbons (Fsp3) is 0.522. The van der Waals surface area contributed by atoms with Gasteiger partial charge in [-0.2, -0.15) is 0 Å². The molecule has 154 valence electrons. The molecule has 1 aromatic carbocycles. The quantitative estimate of drug-likeness (QED) is 0.844. The van der Waals surface area contributed by atoms with Crippen LogP contribution in [-0.4, -0.2) is 42.1 Å². The van der Waals surface area contributed by atoms with Gasteiger partial charge in [0.2, 0.25) is 5.91 Å². The summed E-state index contributed by atoms with van der Waals surface area (Å²) in [6, 6.07) is 10.4. The molecule has 0 radical (unpaired) electrons. The Morgan fingerprint density at radius 2 is 1.59 bits per heavy atom. The van der Waals surface area contributed by atoms with Gasteiger partial charge in [-0.25, -0.2) is 9.97 Å². The molecule has 2 aliphatic heterocycles. The number of nitrogens with zero attached hydrogens (tertiary/aromatic N) is 4. The summed E-state index contributed by atoms with van der Waals surface area (Å²) in [7, 11) is 0. The molecule has 6 nitrogen and oxygen atoms in total. The number of aromatic nitrogens is 2. The van der Waals surface area contributed by atoms with Gasteiger partial charge in [-0.1, -0.05) is 29.8 Å². The molecule has 0 atom stereocenters. The second-order valence-corrected chi connectivity index (χ2v) is 8.25. The molecule has 0 bridgehead atoms. The first-order valence-corrected chi connectivity index (χ1v) is 10.8. The predicted octanol–water partition coefficient (Wildman–Crippen LogP) is 3.31. The van der Waals surface area contributed by atoms with Gasteiger partial charge in [-0.15, -0.1) is 0 Å². The zero-order valence-electron chi connectivity index (χ0n) is 17.3. The lowest BCUT2D eigenvalue weighted by Gasteiger charge is -2.33. The molecule has 2 fully saturated rings. The molecule has 1 N–H and O–H groups in total. The standard InChI is InChI=1S/C23H31N5O/c1-18-5-7-19(8-6-18)16-24-23(29)20-9-13-28(14-10-20)22-15-21(25-17-26-22)27-11-3-2-4-12-27/h5-8,15,17,20H,2-4,9-14,16H2,1H3,(H,24,29). The molecular weight excluding hydrogens is 362 g/mol. The number of benzene rings is 1. The molecule has 2 saturated heterocycles. The summed E-state index contributed by atoms with van der Waals surface area (Å²) in [4.78, 5) is 26.2. The van der Waals surface area contributed by atoms with E-state index in [2.05, 4.69) is 62.3 Å². The highest BCUT2D eigenvalue weighted by atomic mass is 16.1. The average Bonchev–Trinajstić information content (AvgIpc) is 2.79. The second-order valence-electron chi connectivity index (χ2n) is 8.25. The smallest absolute Gasteiger partial charge is 0.223 e. The molecular formula is C23H31N5O. The van der Waals surface area contributed by atoms with Crippen molar-refractivity contribution in [3.8, 4) is 0 Å². The second kappa shape index (κ2) is 9.25. The number of carbonyl (C=O) groups excluding carboxylic acids is 1. The number of hydrogen-bond acceptors (Lipinski definition) is 5. The zero-order valence-corrected chi connectivity index (χ0v) is 17.3. The molecule has 29 heavy (non-hydrogen) atoms. The van der Waals surface area contributed by atoms with Crippen LogP contribution in [0.4, 0.5) is 11.6 Å². The fourth-order valence-electron chi connectivity index (χ4n) is 4.22. The number of hydrogen-bond donors (Lipinski definition) is 1. The topological polar surface area (TPSA) is 61.4 Å². The number of anilines is 2. The fourth-order valence-corrected chi connectivity index (χ4v) is 4.22. The molecule has 6 heteroatoms. The first kappa shape index (κ1) is 19.7. The molecule has 1 amide bonds. The molecule has 0 unspecified atom stereocenters. The number of amides is 1. The molecule has 3 heterocycles. The maximum absolute atomic E-state index is 12.6. The molecule has 0 saturated carbocycles. The van der Waals surface area contributed by atoms with Crippen LogP contribution < -0.4 is 15.1 Å². The third-order valence-corrected chi connectivity index (χ3v) is 6.10. The van der Waals surface area contributed by atoms with Crippen molar-refractivity contribution in [3.05, 3.63) is 47.8 Å². The maximum Gasteiger partial charge on any atom is 0.223 e. The Morgan fingerprint density at radius 1 is 0.966 bits per heavy atom. The van der Waals surface area contributed by atoms with E-state index in [1.165, 1.54) is 24.8 Å². The molecule has 0 spiro atoms. The largest absolute Gasteiger partial charge is 0.356 e. The van der Waals surface area contributed by atoms with Crippen LogP contribution in [0.3, 0.4) is 0 Å². The Labute approximate surface area is 173 Å². The Hall–Kier alpha value is -2.63. The summed E-state index contributed by atoms with van der Waals surface area (Å²) in [5, 5.41) is 3.11. The summed E-state index contributed by atoms with van der Waals surface area (Å²) in [6.45, 7) is 6.56. The Morgan fingerprint density at radius 3 is 2.24 bits per heavy atom. The first-order valence-electron chi connectivity index (χ1n) is 10.8. The van der Waals surface area contributed by atoms with Gasteiger partial charge in [-0.05, 0) is 44.6 Å². The molecule has 2 aromatic rings. The lowest BCUT2D eigenvalue weighted by molar-refractivity contribution is -0.125. The molecule has 4 rings (SSSR count). The summed E-state index contributed by atoms with van der Waals surface area (Å²) in [5.74, 6) is 2.27. The van der Waals surface area contributed by atoms with Crippen molar-refractivity contribution in [1.82, 2.24) is 15.3 Å². The van der Waals surface area contributed by atoms with E-state index in [-0.39, 0.29) is 11.8 Å². The van der Waals surface area contributed by atoms with Crippen molar-refractivity contribution in [2.75, 3.05) is 36.0 Å². The average molecular weight is 394 g/mol. The lowest BCUT2D eigenvalue weighted by atomic mass is 9.96. The minimum Gasteiger partial charge on any atom is -0.356 e. The highest BCUT2D eigenvalue weighted by Crippen LogP contribution is 2.25. The normalized spacial score (nSPS) is 18.0. The third kappa shape index (κ3) is 5.05. The number of carbonyl (C=O) groups is 1. The number of nitrogens with one attached hydrogen (secondary N) is 1. The summed E-state index contributed by atoms with van der Waals surface area (Å²) in [5.41, 5.74) is 2.38. The minimum atomic E-state index is 0.0834. The van der Waals surface area contributed by atoms with E-state index in [9.17, 15) is 4.79 Å². The molecule has 1 aromatic heterocycles. The SMILES string of the molecule is Cc1ccc(CNC(=O)C2CCN(c3cc(N4CCCCC4)ncn3)CC2)cc1. The van der Waals surface area contributed by atoms with Gasteiger partial charge in [0.05, 0.1) is 0 Å². The monoisotopic (exact) mass is 393 g/mol. The predicted molar refractivity (Wildman–Crippen MR) is 116 cm³/mol. The van der Waals surface area contributed by atoms with Gasteiger partial charge in [0.15, 0.2) is 0 Å². The highest BCUT2D eigenvalue weighted by Gasteiger charge is 2.26. The van der Waals surface area contributed by atoms with Crippen LogP contribution >= 0.6 is 0 Å². The van der Waals surface area contributed by atoms with E-state index in [0.717, 1.165) is 56.2 Å². The number of rotatable bonds is 5. The van der Waals surface area contributed by atoms with Gasteiger partial charge in [-0.3, -0.25) is 4.79 Å². The third-order valence-electron chi connectivity index (χ3n) is 6.10. The molecule has 0 aliphatic carbocycles. The van der Waals surface area contributed by atoms with Crippen molar-refractivity contribution < 1.29 is 4.79 Å². The van der Waals surface area contributed by atoms with Crippen molar-refractivity contribution in [3.63, 3.8) is 0 Å². The van der Waals surface area contributed by atoms with Gasteiger partial charge < -0.3 is 15.1 Å². The van der Waals surface area contributed by atoms with Gasteiger partial charge >= 0.3 is 0 Å². The van der Waals surface area contributed by atoms with Crippen molar-refractivity contribution >= 4 is 17.5 Å². The van der Waals surface area contributed by atoms with Crippen LogP contribution in [-0.2, 0) is 11.3 Å². The van der Waals surface area contributed by atoms with E-state index in [0.29, 0.717) is 6.54 Å². The van der Waals surface area contributed by atoms with Crippen LogP contribution in [0, 0.1) is 12.8 Å². The van der Waals surface area contributed by atoms with E-state index in [4.69, 9.17) is 0 Å². The van der Waals surface area contributed by atoms with E-state index < -0.39 is 0 Å². The van der Waals surface area contributed by atoms with Crippen LogP contribution in [0.25, 0.3) is 0 Å². The zero-order chi connectivity index (χ0) is 20.1. The minimum absolute atomic E-state index is 0.0834. The van der Waals surface area contributed by atoms with E-state index in [1.807, 2.05) is 0 Å². The number of aryl methyl sites for hydroxylation is 1. The van der Waals surface area contributed by atoms with Crippen LogP contribution in [0.15, 0.2) is 36.7 Å². The van der Waals surface area contributed by atoms with Crippen LogP contribution in [0.1, 0.15) is 43.2 Å². The summed E-state index contributed by atoms with van der Waals surface area (Å²) < 4.78 is 0. The highest BCUT2D eigenvalue weighted by molar-refractivity contribution is 5.79. The van der Waals surface area contributed by atoms with Gasteiger partial charge in [0.1, 0.15) is 18.0 Å². The van der Waals surface area contributed by atoms with Crippen molar-refractivity contribution in [1.29, 1.82) is 0 Å². The van der Waals surface area contributed by atoms with E-state index >= 15 is 0 Å². The maximum atomic E-state index is 12.6. The van der Waals surface area contributed by atoms with Crippen LogP contribution in [0.5, 0.6) is 0 Å². The van der Waals surface area contributed by atoms with Crippen LogP contribution in [0.2, 0.25) is 0 Å².